The summed E-state index contributed by atoms with van der Waals surface area (Å²) in [5.74, 6) is 0.986. The van der Waals surface area contributed by atoms with Crippen LogP contribution in [0.5, 0.6) is 0 Å². The van der Waals surface area contributed by atoms with Crippen LogP contribution in [0.15, 0.2) is 4.79 Å². The minimum absolute atomic E-state index is 0. The molecule has 9 heteroatoms. The van der Waals surface area contributed by atoms with Crippen LogP contribution in [0, 0.1) is 0 Å². The molecule has 0 saturated carbocycles. The summed E-state index contributed by atoms with van der Waals surface area (Å²) in [5.41, 5.74) is -0.185. The number of nitrogens with zero attached hydrogens (tertiary/aromatic N) is 4. The number of piperidine rings is 1. The lowest BCUT2D eigenvalue weighted by atomic mass is 9.99. The molecular weight excluding hydrogens is 334 g/mol. The summed E-state index contributed by atoms with van der Waals surface area (Å²) >= 11 is 0. The molecule has 0 spiro atoms. The van der Waals surface area contributed by atoms with E-state index in [1.165, 1.54) is 4.68 Å². The number of hydrogen-bond acceptors (Lipinski definition) is 5. The van der Waals surface area contributed by atoms with Crippen molar-refractivity contribution in [3.8, 4) is 0 Å². The summed E-state index contributed by atoms with van der Waals surface area (Å²) in [4.78, 5) is 26.6. The monoisotopic (exact) mass is 359 g/mol. The number of carbonyl (C=O) groups excluding carboxylic acids is 1. The molecule has 0 aliphatic carbocycles. The van der Waals surface area contributed by atoms with Crippen molar-refractivity contribution in [1.82, 2.24) is 24.6 Å². The Morgan fingerprint density at radius 3 is 2.75 bits per heavy atom. The molecule has 0 radical (unpaired) electrons. The highest BCUT2D eigenvalue weighted by Crippen LogP contribution is 2.20. The largest absolute Gasteiger partial charge is 0.378 e. The molecule has 8 nitrogen and oxygen atoms in total. The zero-order valence-electron chi connectivity index (χ0n) is 14.1. The van der Waals surface area contributed by atoms with Crippen LogP contribution in [0.25, 0.3) is 0 Å². The zero-order valence-corrected chi connectivity index (χ0v) is 14.9. The Hall–Kier alpha value is -1.38. The molecule has 2 fully saturated rings. The molecule has 3 heterocycles. The average molecular weight is 360 g/mol. The van der Waals surface area contributed by atoms with Crippen LogP contribution < -0.4 is 11.0 Å². The highest BCUT2D eigenvalue weighted by atomic mass is 35.5. The molecular formula is C15H26ClN5O3. The summed E-state index contributed by atoms with van der Waals surface area (Å²) in [7, 11) is 0. The first-order valence-electron chi connectivity index (χ1n) is 8.44. The third-order valence-corrected chi connectivity index (χ3v) is 4.58. The van der Waals surface area contributed by atoms with Crippen molar-refractivity contribution in [2.45, 2.75) is 38.8 Å². The third kappa shape index (κ3) is 3.99. The van der Waals surface area contributed by atoms with Gasteiger partial charge in [0.15, 0.2) is 0 Å². The van der Waals surface area contributed by atoms with Gasteiger partial charge in [-0.1, -0.05) is 0 Å². The Morgan fingerprint density at radius 1 is 1.38 bits per heavy atom. The molecule has 2 aliphatic rings. The maximum absolute atomic E-state index is 12.5. The number of carbonyl (C=O) groups is 1. The van der Waals surface area contributed by atoms with E-state index < -0.39 is 0 Å². The summed E-state index contributed by atoms with van der Waals surface area (Å²) in [6.07, 6.45) is 2.11. The Morgan fingerprint density at radius 2 is 2.12 bits per heavy atom. The van der Waals surface area contributed by atoms with E-state index in [4.69, 9.17) is 4.74 Å². The molecule has 1 aromatic rings. The van der Waals surface area contributed by atoms with E-state index in [1.807, 2.05) is 6.92 Å². The maximum Gasteiger partial charge on any atom is 0.346 e. The Balaban J connectivity index is 0.00000208. The van der Waals surface area contributed by atoms with Crippen molar-refractivity contribution in [3.63, 3.8) is 0 Å². The van der Waals surface area contributed by atoms with Crippen LogP contribution in [0.4, 0.5) is 0 Å². The zero-order chi connectivity index (χ0) is 16.2. The first-order chi connectivity index (χ1) is 11.2. The van der Waals surface area contributed by atoms with E-state index in [0.717, 1.165) is 31.8 Å². The molecule has 3 rings (SSSR count). The fraction of sp³-hybridized carbons (Fsp3) is 0.800. The Labute approximate surface area is 147 Å². The van der Waals surface area contributed by atoms with Crippen molar-refractivity contribution in [1.29, 1.82) is 0 Å². The van der Waals surface area contributed by atoms with E-state index in [9.17, 15) is 9.59 Å². The van der Waals surface area contributed by atoms with Gasteiger partial charge in [-0.25, -0.2) is 9.48 Å². The fourth-order valence-corrected chi connectivity index (χ4v) is 3.27. The van der Waals surface area contributed by atoms with Gasteiger partial charge in [-0.15, -0.1) is 12.4 Å². The number of ether oxygens (including phenoxy) is 1. The summed E-state index contributed by atoms with van der Waals surface area (Å²) in [6.45, 7) is 6.68. The van der Waals surface area contributed by atoms with Gasteiger partial charge < -0.3 is 15.0 Å². The van der Waals surface area contributed by atoms with Gasteiger partial charge in [0.25, 0.3) is 0 Å². The summed E-state index contributed by atoms with van der Waals surface area (Å²) in [6, 6.07) is 0. The second kappa shape index (κ2) is 8.64. The highest BCUT2D eigenvalue weighted by molar-refractivity contribution is 5.85. The quantitative estimate of drug-likeness (QED) is 0.806. The van der Waals surface area contributed by atoms with Crippen LogP contribution in [0.2, 0.25) is 0 Å². The first kappa shape index (κ1) is 19.0. The predicted molar refractivity (Wildman–Crippen MR) is 91.7 cm³/mol. The van der Waals surface area contributed by atoms with Crippen molar-refractivity contribution >= 4 is 18.3 Å². The molecule has 1 N–H and O–H groups in total. The second-order valence-electron chi connectivity index (χ2n) is 6.08. The SMILES string of the molecule is CCn1c(C2CCCNC2)nn(CC(=O)N2CCOCC2)c1=O.Cl. The highest BCUT2D eigenvalue weighted by Gasteiger charge is 2.25. The van der Waals surface area contributed by atoms with Crippen molar-refractivity contribution in [2.75, 3.05) is 39.4 Å². The van der Waals surface area contributed by atoms with E-state index >= 15 is 0 Å². The number of nitrogens with one attached hydrogen (secondary N) is 1. The second-order valence-corrected chi connectivity index (χ2v) is 6.08. The molecule has 2 aliphatic heterocycles. The normalized spacial score (nSPS) is 21.4. The van der Waals surface area contributed by atoms with Gasteiger partial charge in [0.1, 0.15) is 12.4 Å². The molecule has 0 bridgehead atoms. The van der Waals surface area contributed by atoms with Gasteiger partial charge in [-0.2, -0.15) is 5.10 Å². The number of halogens is 1. The van der Waals surface area contributed by atoms with Gasteiger partial charge in [0, 0.05) is 32.1 Å². The molecule has 0 aromatic carbocycles. The minimum Gasteiger partial charge on any atom is -0.378 e. The van der Waals surface area contributed by atoms with E-state index in [-0.39, 0.29) is 36.5 Å². The van der Waals surface area contributed by atoms with Crippen LogP contribution in [0.3, 0.4) is 0 Å². The van der Waals surface area contributed by atoms with Crippen LogP contribution in [-0.4, -0.2) is 64.5 Å². The van der Waals surface area contributed by atoms with Gasteiger partial charge >= 0.3 is 5.69 Å². The van der Waals surface area contributed by atoms with Gasteiger partial charge in [-0.05, 0) is 26.3 Å². The lowest BCUT2D eigenvalue weighted by Crippen LogP contribution is -2.43. The molecule has 136 valence electrons. The average Bonchev–Trinajstić information content (AvgIpc) is 2.92. The lowest BCUT2D eigenvalue weighted by Gasteiger charge is -2.26. The van der Waals surface area contributed by atoms with Crippen LogP contribution >= 0.6 is 12.4 Å². The number of morpholine rings is 1. The third-order valence-electron chi connectivity index (χ3n) is 4.58. The Kier molecular flexibility index (Phi) is 6.82. The van der Waals surface area contributed by atoms with Gasteiger partial charge in [0.2, 0.25) is 5.91 Å². The predicted octanol–water partition coefficient (Wildman–Crippen LogP) is -0.188. The molecule has 1 amide bonds. The molecule has 1 unspecified atom stereocenters. The standard InChI is InChI=1S/C15H25N5O3.ClH/c1-2-19-14(12-4-3-5-16-10-12)17-20(15(19)22)11-13(21)18-6-8-23-9-7-18;/h12,16H,2-11H2,1H3;1H. The van der Waals surface area contributed by atoms with Crippen molar-refractivity contribution in [3.05, 3.63) is 16.3 Å². The van der Waals surface area contributed by atoms with E-state index in [0.29, 0.717) is 32.8 Å². The lowest BCUT2D eigenvalue weighted by molar-refractivity contribution is -0.136. The smallest absolute Gasteiger partial charge is 0.346 e. The number of amides is 1. The molecule has 24 heavy (non-hydrogen) atoms. The number of hydrogen-bond donors (Lipinski definition) is 1. The van der Waals surface area contributed by atoms with E-state index in [1.54, 1.807) is 9.47 Å². The number of rotatable bonds is 4. The van der Waals surface area contributed by atoms with Crippen molar-refractivity contribution < 1.29 is 9.53 Å². The van der Waals surface area contributed by atoms with Crippen LogP contribution in [0.1, 0.15) is 31.5 Å². The topological polar surface area (TPSA) is 81.4 Å². The maximum atomic E-state index is 12.5. The first-order valence-corrected chi connectivity index (χ1v) is 8.44. The molecule has 1 aromatic heterocycles. The summed E-state index contributed by atoms with van der Waals surface area (Å²) in [5, 5.41) is 7.84. The molecule has 2 saturated heterocycles. The summed E-state index contributed by atoms with van der Waals surface area (Å²) < 4.78 is 8.28. The van der Waals surface area contributed by atoms with E-state index in [2.05, 4.69) is 10.4 Å². The Bertz CT molecular complexity index is 603. The molecule has 1 atom stereocenters. The minimum atomic E-state index is -0.185. The number of aromatic nitrogens is 3. The van der Waals surface area contributed by atoms with Crippen molar-refractivity contribution in [2.24, 2.45) is 0 Å². The van der Waals surface area contributed by atoms with Crippen LogP contribution in [-0.2, 0) is 22.6 Å². The van der Waals surface area contributed by atoms with Gasteiger partial charge in [-0.3, -0.25) is 9.36 Å². The fourth-order valence-electron chi connectivity index (χ4n) is 3.27. The van der Waals surface area contributed by atoms with Gasteiger partial charge in [0.05, 0.1) is 13.2 Å².